The molecule has 0 aromatic rings. The van der Waals surface area contributed by atoms with E-state index >= 15 is 0 Å². The summed E-state index contributed by atoms with van der Waals surface area (Å²) in [5.74, 6) is -4.01. The maximum atomic E-state index is 12.1. The van der Waals surface area contributed by atoms with Gasteiger partial charge in [-0.2, -0.15) is 12.6 Å². The van der Waals surface area contributed by atoms with Gasteiger partial charge >= 0.3 is 5.97 Å². The highest BCUT2D eigenvalue weighted by atomic mass is 32.1. The third-order valence-electron chi connectivity index (χ3n) is 3.15. The van der Waals surface area contributed by atoms with Gasteiger partial charge < -0.3 is 37.0 Å². The van der Waals surface area contributed by atoms with Crippen molar-refractivity contribution in [1.29, 1.82) is 0 Å². The van der Waals surface area contributed by atoms with Crippen molar-refractivity contribution in [1.82, 2.24) is 16.0 Å². The van der Waals surface area contributed by atoms with Crippen LogP contribution in [0.3, 0.4) is 0 Å². The van der Waals surface area contributed by atoms with Crippen LogP contribution in [-0.4, -0.2) is 81.6 Å². The van der Waals surface area contributed by atoms with Crippen molar-refractivity contribution < 1.29 is 34.5 Å². The smallest absolute Gasteiger partial charge is 0.327 e. The molecule has 0 fully saturated rings. The molecule has 0 spiro atoms. The molecular weight excluding hydrogens is 356 g/mol. The number of amides is 3. The summed E-state index contributed by atoms with van der Waals surface area (Å²) in [4.78, 5) is 46.5. The number of hydrogen-bond acceptors (Lipinski definition) is 8. The first-order valence-corrected chi connectivity index (χ1v) is 7.97. The molecule has 25 heavy (non-hydrogen) atoms. The van der Waals surface area contributed by atoms with E-state index in [1.54, 1.807) is 0 Å². The third kappa shape index (κ3) is 7.69. The Balaban J connectivity index is 4.90. The largest absolute Gasteiger partial charge is 0.480 e. The molecule has 12 heteroatoms. The first kappa shape index (κ1) is 23.1. The monoisotopic (exact) mass is 380 g/mol. The number of nitrogens with two attached hydrogens (primary N) is 1. The van der Waals surface area contributed by atoms with Crippen molar-refractivity contribution in [3.05, 3.63) is 0 Å². The number of carboxylic acid groups (broad SMARTS) is 1. The lowest BCUT2D eigenvalue weighted by molar-refractivity contribution is -0.142. The van der Waals surface area contributed by atoms with Crippen molar-refractivity contribution in [2.24, 2.45) is 5.73 Å². The van der Waals surface area contributed by atoms with Gasteiger partial charge in [0.25, 0.3) is 0 Å². The highest BCUT2D eigenvalue weighted by molar-refractivity contribution is 7.80. The number of rotatable bonds is 10. The molecular formula is C13H24N4O7S. The Labute approximate surface area is 149 Å². The predicted molar refractivity (Wildman–Crippen MR) is 89.7 cm³/mol. The fourth-order valence-corrected chi connectivity index (χ4v) is 1.85. The molecule has 144 valence electrons. The molecule has 0 aliphatic rings. The van der Waals surface area contributed by atoms with Gasteiger partial charge in [0.2, 0.25) is 17.7 Å². The second kappa shape index (κ2) is 10.9. The number of carbonyl (C=O) groups is 4. The van der Waals surface area contributed by atoms with Gasteiger partial charge in [-0.25, -0.2) is 4.79 Å². The van der Waals surface area contributed by atoms with Crippen LogP contribution in [0.2, 0.25) is 0 Å². The quantitative estimate of drug-likeness (QED) is 0.177. The van der Waals surface area contributed by atoms with E-state index in [1.807, 2.05) is 0 Å². The van der Waals surface area contributed by atoms with Crippen LogP contribution in [0.4, 0.5) is 0 Å². The number of thiol groups is 1. The van der Waals surface area contributed by atoms with E-state index in [0.717, 1.165) is 0 Å². The molecule has 8 N–H and O–H groups in total. The Kier molecular flexibility index (Phi) is 10.0. The number of carbonyl (C=O) groups excluding carboxylic acids is 3. The Bertz CT molecular complexity index is 503. The number of nitrogens with one attached hydrogen (secondary N) is 3. The maximum Gasteiger partial charge on any atom is 0.327 e. The summed E-state index contributed by atoms with van der Waals surface area (Å²) in [6, 6.07) is -5.06. The summed E-state index contributed by atoms with van der Waals surface area (Å²) < 4.78 is 0. The standard InChI is InChI=1S/C13H24N4O7S/c1-5(15-11(21)7(14)3-18)10(20)17-9(6(2)19)12(22)16-8(4-25)13(23)24/h5-9,18-19,25H,3-4,14H2,1-2H3,(H,15,21)(H,16,22)(H,17,20)(H,23,24). The molecule has 0 aliphatic carbocycles. The topological polar surface area (TPSA) is 191 Å². The summed E-state index contributed by atoms with van der Waals surface area (Å²) in [5, 5.41) is 33.9. The van der Waals surface area contributed by atoms with Gasteiger partial charge in [-0.1, -0.05) is 0 Å². The van der Waals surface area contributed by atoms with E-state index in [0.29, 0.717) is 0 Å². The average Bonchev–Trinajstić information content (AvgIpc) is 2.55. The molecule has 5 atom stereocenters. The Morgan fingerprint density at radius 1 is 1.04 bits per heavy atom. The lowest BCUT2D eigenvalue weighted by atomic mass is 10.1. The first-order chi connectivity index (χ1) is 11.5. The predicted octanol–water partition coefficient (Wildman–Crippen LogP) is -3.82. The maximum absolute atomic E-state index is 12.1. The molecule has 0 saturated carbocycles. The van der Waals surface area contributed by atoms with Gasteiger partial charge in [0.1, 0.15) is 24.2 Å². The molecule has 0 bridgehead atoms. The van der Waals surface area contributed by atoms with Gasteiger partial charge in [0.15, 0.2) is 0 Å². The Hall–Kier alpha value is -1.89. The zero-order valence-corrected chi connectivity index (χ0v) is 14.7. The molecule has 0 aromatic heterocycles. The van der Waals surface area contributed by atoms with E-state index in [2.05, 4.69) is 28.6 Å². The summed E-state index contributed by atoms with van der Waals surface area (Å²) in [6.45, 7) is 1.92. The minimum absolute atomic E-state index is 0.187. The van der Waals surface area contributed by atoms with Crippen molar-refractivity contribution in [3.63, 3.8) is 0 Å². The van der Waals surface area contributed by atoms with Gasteiger partial charge in [-0.15, -0.1) is 0 Å². The molecule has 0 aromatic carbocycles. The highest BCUT2D eigenvalue weighted by Crippen LogP contribution is 1.98. The second-order valence-corrected chi connectivity index (χ2v) is 5.69. The molecule has 11 nitrogen and oxygen atoms in total. The van der Waals surface area contributed by atoms with E-state index in [-0.39, 0.29) is 5.75 Å². The average molecular weight is 380 g/mol. The van der Waals surface area contributed by atoms with Crippen molar-refractivity contribution in [3.8, 4) is 0 Å². The molecule has 0 heterocycles. The van der Waals surface area contributed by atoms with Crippen LogP contribution in [0.25, 0.3) is 0 Å². The van der Waals surface area contributed by atoms with Gasteiger partial charge in [-0.05, 0) is 13.8 Å². The van der Waals surface area contributed by atoms with Crippen LogP contribution in [0.1, 0.15) is 13.8 Å². The third-order valence-corrected chi connectivity index (χ3v) is 3.51. The van der Waals surface area contributed by atoms with Gasteiger partial charge in [0, 0.05) is 5.75 Å². The first-order valence-electron chi connectivity index (χ1n) is 7.34. The number of aliphatic hydroxyl groups excluding tert-OH is 2. The number of aliphatic hydroxyl groups is 2. The van der Waals surface area contributed by atoms with Crippen LogP contribution >= 0.6 is 12.6 Å². The summed E-state index contributed by atoms with van der Waals surface area (Å²) in [6.07, 6.45) is -1.33. The lowest BCUT2D eigenvalue weighted by Gasteiger charge is -2.24. The van der Waals surface area contributed by atoms with Crippen molar-refractivity contribution in [2.45, 2.75) is 44.1 Å². The minimum Gasteiger partial charge on any atom is -0.480 e. The van der Waals surface area contributed by atoms with Crippen LogP contribution in [0.15, 0.2) is 0 Å². The van der Waals surface area contributed by atoms with Gasteiger partial charge in [-0.3, -0.25) is 14.4 Å². The zero-order valence-electron chi connectivity index (χ0n) is 13.8. The zero-order chi connectivity index (χ0) is 19.7. The normalized spacial score (nSPS) is 16.7. The lowest BCUT2D eigenvalue weighted by Crippen LogP contribution is -2.59. The molecule has 0 radical (unpaired) electrons. The second-order valence-electron chi connectivity index (χ2n) is 5.33. The molecule has 3 amide bonds. The fraction of sp³-hybridized carbons (Fsp3) is 0.692. The summed E-state index contributed by atoms with van der Waals surface area (Å²) >= 11 is 3.79. The minimum atomic E-state index is -1.44. The van der Waals surface area contributed by atoms with E-state index < -0.39 is 60.6 Å². The van der Waals surface area contributed by atoms with Gasteiger partial charge in [0.05, 0.1) is 12.7 Å². The molecule has 5 unspecified atom stereocenters. The molecule has 0 rings (SSSR count). The Morgan fingerprint density at radius 3 is 2.00 bits per heavy atom. The van der Waals surface area contributed by atoms with E-state index in [1.165, 1.54) is 13.8 Å². The molecule has 0 saturated heterocycles. The van der Waals surface area contributed by atoms with Crippen LogP contribution in [0.5, 0.6) is 0 Å². The van der Waals surface area contributed by atoms with Crippen LogP contribution in [0, 0.1) is 0 Å². The summed E-state index contributed by atoms with van der Waals surface area (Å²) in [7, 11) is 0. The SMILES string of the molecule is CC(NC(=O)C(N)CO)C(=O)NC(C(=O)NC(CS)C(=O)O)C(C)O. The summed E-state index contributed by atoms with van der Waals surface area (Å²) in [5.41, 5.74) is 5.30. The van der Waals surface area contributed by atoms with E-state index in [4.69, 9.17) is 15.9 Å². The van der Waals surface area contributed by atoms with Crippen LogP contribution < -0.4 is 21.7 Å². The number of carboxylic acids is 1. The highest BCUT2D eigenvalue weighted by Gasteiger charge is 2.31. The molecule has 0 aliphatic heterocycles. The van der Waals surface area contributed by atoms with Crippen molar-refractivity contribution >= 4 is 36.3 Å². The van der Waals surface area contributed by atoms with Crippen LogP contribution in [-0.2, 0) is 19.2 Å². The van der Waals surface area contributed by atoms with Crippen molar-refractivity contribution in [2.75, 3.05) is 12.4 Å². The fourth-order valence-electron chi connectivity index (χ4n) is 1.60. The van der Waals surface area contributed by atoms with E-state index in [9.17, 15) is 24.3 Å². The number of aliphatic carboxylic acids is 1. The number of hydrogen-bond donors (Lipinski definition) is 8. The Morgan fingerprint density at radius 2 is 1.60 bits per heavy atom.